The monoisotopic (exact) mass is 1000 g/mol. The van der Waals surface area contributed by atoms with Gasteiger partial charge >= 0.3 is 32.1 Å². The van der Waals surface area contributed by atoms with Crippen LogP contribution in [0.5, 0.6) is 5.88 Å². The first-order chi connectivity index (χ1) is 30.7. The highest BCUT2D eigenvalue weighted by Gasteiger charge is 2.60. The summed E-state index contributed by atoms with van der Waals surface area (Å²) in [6.45, 7) is 15.4. The van der Waals surface area contributed by atoms with Gasteiger partial charge in [0.2, 0.25) is 11.8 Å². The number of rotatable bonds is 25. The van der Waals surface area contributed by atoms with Crippen LogP contribution in [-0.4, -0.2) is 113 Å². The minimum absolute atomic E-state index is 0.0663. The molecule has 65 heavy (non-hydrogen) atoms. The van der Waals surface area contributed by atoms with E-state index >= 15 is 0 Å². The number of aromatic amines is 1. The molecule has 2 aliphatic rings. The number of nitriles is 1. The van der Waals surface area contributed by atoms with Crippen molar-refractivity contribution in [3.8, 4) is 11.9 Å². The smallest absolute Gasteiger partial charge is 0.474 e. The van der Waals surface area contributed by atoms with Crippen LogP contribution in [0.2, 0.25) is 22.2 Å². The maximum absolute atomic E-state index is 13.5. The molecule has 9 atom stereocenters. The molecule has 1 saturated heterocycles. The van der Waals surface area contributed by atoms with Crippen molar-refractivity contribution in [1.82, 2.24) is 24.5 Å². The molecular formula is C40H66N7O13P2SSi2+. The lowest BCUT2D eigenvalue weighted by Gasteiger charge is -2.47. The molecule has 0 bridgehead atoms. The average molecular weight is 1000 g/mol. The van der Waals surface area contributed by atoms with E-state index in [1.807, 2.05) is 69.2 Å². The first-order valence-corrected chi connectivity index (χ1v) is 29.7. The molecule has 362 valence electrons. The van der Waals surface area contributed by atoms with Gasteiger partial charge in [0.05, 0.1) is 37.7 Å². The summed E-state index contributed by atoms with van der Waals surface area (Å²) in [5.41, 5.74) is -1.04. The number of hydrogen-bond donors (Lipinski definition) is 5. The van der Waals surface area contributed by atoms with E-state index in [1.165, 1.54) is 12.5 Å². The van der Waals surface area contributed by atoms with Crippen LogP contribution in [0.1, 0.15) is 94.7 Å². The fourth-order valence-corrected chi connectivity index (χ4v) is 20.8. The van der Waals surface area contributed by atoms with Crippen molar-refractivity contribution in [2.75, 3.05) is 31.7 Å². The molecule has 0 amide bonds. The molecular weight excluding hydrogens is 937 g/mol. The van der Waals surface area contributed by atoms with E-state index in [-0.39, 0.29) is 71.1 Å². The van der Waals surface area contributed by atoms with Gasteiger partial charge in [-0.2, -0.15) is 10.2 Å². The Bertz CT molecular complexity index is 2170. The van der Waals surface area contributed by atoms with Gasteiger partial charge in [-0.3, -0.25) is 14.3 Å². The van der Waals surface area contributed by atoms with Crippen LogP contribution in [-0.2, 0) is 47.7 Å². The second-order valence-corrected chi connectivity index (χ2v) is 30.4. The number of aromatic nitrogens is 5. The zero-order valence-corrected chi connectivity index (χ0v) is 43.3. The fraction of sp³-hybridized carbons (Fsp3) is 0.725. The Morgan fingerprint density at radius 1 is 1.08 bits per heavy atom. The van der Waals surface area contributed by atoms with E-state index in [0.717, 1.165) is 0 Å². The summed E-state index contributed by atoms with van der Waals surface area (Å²) >= 11 is 6.18. The van der Waals surface area contributed by atoms with Gasteiger partial charge in [0.15, 0.2) is 11.9 Å². The van der Waals surface area contributed by atoms with E-state index in [4.69, 9.17) is 52.9 Å². The summed E-state index contributed by atoms with van der Waals surface area (Å²) in [6.07, 6.45) is -0.912. The molecule has 5 N–H and O–H groups in total. The van der Waals surface area contributed by atoms with Crippen molar-refractivity contribution >= 4 is 60.9 Å². The van der Waals surface area contributed by atoms with Crippen LogP contribution in [0.15, 0.2) is 35.6 Å². The minimum Gasteiger partial charge on any atom is -0.474 e. The van der Waals surface area contributed by atoms with Gasteiger partial charge < -0.3 is 46.8 Å². The number of hydrogen-bond acceptors (Lipinski definition) is 18. The maximum Gasteiger partial charge on any atom is 0.695 e. The second-order valence-electron chi connectivity index (χ2n) is 18.1. The van der Waals surface area contributed by atoms with Crippen molar-refractivity contribution in [3.63, 3.8) is 0 Å². The zero-order valence-electron chi connectivity index (χ0n) is 38.7. The highest BCUT2D eigenvalue weighted by atomic mass is 32.5. The van der Waals surface area contributed by atoms with Crippen molar-refractivity contribution < 1.29 is 55.5 Å². The summed E-state index contributed by atoms with van der Waals surface area (Å²) in [5.74, 6) is 0.242. The number of ether oxygens (including phenoxy) is 2. The van der Waals surface area contributed by atoms with Crippen molar-refractivity contribution in [3.05, 3.63) is 41.2 Å². The molecule has 4 heterocycles. The van der Waals surface area contributed by atoms with Crippen molar-refractivity contribution in [1.29, 1.82) is 5.26 Å². The van der Waals surface area contributed by atoms with Gasteiger partial charge in [-0.15, -0.1) is 9.42 Å². The Hall–Kier alpha value is -2.63. The number of aliphatic hydroxyl groups is 1. The number of fused-ring (bicyclic) bond motifs is 1. The molecule has 20 nitrogen and oxygen atoms in total. The highest BCUT2D eigenvalue weighted by molar-refractivity contribution is 8.07. The maximum atomic E-state index is 13.5. The van der Waals surface area contributed by atoms with E-state index in [9.17, 15) is 29.4 Å². The van der Waals surface area contributed by atoms with Gasteiger partial charge in [0.1, 0.15) is 36.8 Å². The molecule has 3 aromatic rings. The van der Waals surface area contributed by atoms with Crippen LogP contribution in [0.3, 0.4) is 0 Å². The standard InChI is InChI=1S/C40H65N7O13P2SSi2/c1-24(2)20-43-40-45-37-31(38(49)46-40)13-16-47(37)39-36(35(33(21-48)56-39)59-65(27(7)8,28(9)10)60-64(52,25(3)4)26(5)6)58-62(63,53-17-11-14-41)54-22-29-18-30(19-32(29)57-61(50)51)55-34-12-15-42-23-44-34/h12-13,15-16,23-30,32-33,35-36,39,48,52H,11,17-22H2,1-10H3,(H2-,43,45,46,49,50,51)/p+1/t29-,30-,32+,33-,35-,36-,39-,62-/m1/s1. The first-order valence-electron chi connectivity index (χ1n) is 22.1. The van der Waals surface area contributed by atoms with Crippen LogP contribution < -0.4 is 15.6 Å². The van der Waals surface area contributed by atoms with Crippen molar-refractivity contribution in [2.24, 2.45) is 11.8 Å². The molecule has 3 aromatic heterocycles. The summed E-state index contributed by atoms with van der Waals surface area (Å²) in [6, 6.07) is 5.25. The van der Waals surface area contributed by atoms with Crippen LogP contribution >= 0.6 is 15.0 Å². The molecule has 0 aromatic carbocycles. The fourth-order valence-electron chi connectivity index (χ4n) is 8.25. The first kappa shape index (κ1) is 53.3. The lowest BCUT2D eigenvalue weighted by molar-refractivity contribution is -0.0506. The molecule has 1 saturated carbocycles. The van der Waals surface area contributed by atoms with E-state index in [0.29, 0.717) is 18.8 Å². The number of H-pyrrole nitrogens is 1. The van der Waals surface area contributed by atoms with Gasteiger partial charge in [0.25, 0.3) is 5.56 Å². The zero-order chi connectivity index (χ0) is 47.9. The van der Waals surface area contributed by atoms with Gasteiger partial charge in [-0.05, 0) is 52.4 Å². The predicted octanol–water partition coefficient (Wildman–Crippen LogP) is 6.84. The molecule has 0 radical (unpaired) electrons. The lowest BCUT2D eigenvalue weighted by Crippen LogP contribution is -2.62. The van der Waals surface area contributed by atoms with Crippen molar-refractivity contribution in [2.45, 2.75) is 147 Å². The SMILES string of the molecule is CC(C)CNc1nc2c(ccn2[C@@H]2O[C@H](CO)[C@@H](O[Si](O[Si](O)(C(C)C)C(C)C)(C(C)C)C(C)C)[C@H]2O[P@@](=S)(OCCC#N)OC[C@H]2C[C@@H](Oc3ccncn3)C[C@@H]2O[P+](=O)O)c(=O)[nH]1. The van der Waals surface area contributed by atoms with Gasteiger partial charge in [-0.25, -0.2) is 9.97 Å². The Kier molecular flexibility index (Phi) is 19.0. The topological polar surface area (TPSA) is 264 Å². The largest absolute Gasteiger partial charge is 0.695 e. The third-order valence-corrected chi connectivity index (χ3v) is 24.3. The van der Waals surface area contributed by atoms with E-state index in [1.54, 1.807) is 22.9 Å². The molecule has 5 rings (SSSR count). The summed E-state index contributed by atoms with van der Waals surface area (Å²) in [4.78, 5) is 51.3. The molecule has 25 heteroatoms. The Morgan fingerprint density at radius 2 is 1.78 bits per heavy atom. The summed E-state index contributed by atoms with van der Waals surface area (Å²) < 4.78 is 65.9. The minimum atomic E-state index is -3.99. The Morgan fingerprint density at radius 3 is 2.37 bits per heavy atom. The average Bonchev–Trinajstić information content (AvgIpc) is 3.93. The van der Waals surface area contributed by atoms with E-state index < -0.39 is 86.9 Å². The number of anilines is 1. The lowest BCUT2D eigenvalue weighted by atomic mass is 10.1. The Balaban J connectivity index is 1.61. The van der Waals surface area contributed by atoms with Gasteiger partial charge in [-0.1, -0.05) is 69.2 Å². The predicted molar refractivity (Wildman–Crippen MR) is 250 cm³/mol. The number of nitrogens with one attached hydrogen (secondary N) is 2. The number of aliphatic hydroxyl groups excluding tert-OH is 1. The normalized spacial score (nSPS) is 24.1. The highest BCUT2D eigenvalue weighted by Crippen LogP contribution is 2.56. The van der Waals surface area contributed by atoms with Crippen LogP contribution in [0.4, 0.5) is 5.95 Å². The quantitative estimate of drug-likeness (QED) is 0.0330. The third kappa shape index (κ3) is 12.9. The van der Waals surface area contributed by atoms with E-state index in [2.05, 4.69) is 26.3 Å². The third-order valence-electron chi connectivity index (χ3n) is 11.7. The summed E-state index contributed by atoms with van der Waals surface area (Å²) in [7, 11) is -10.1. The molecule has 1 aliphatic heterocycles. The van der Waals surface area contributed by atoms with Gasteiger partial charge in [0, 0.05) is 41.9 Å². The summed E-state index contributed by atoms with van der Waals surface area (Å²) in [5, 5.41) is 24.1. The number of nitrogens with zero attached hydrogens (tertiary/aromatic N) is 5. The second kappa shape index (κ2) is 23.1. The van der Waals surface area contributed by atoms with Crippen LogP contribution in [0.25, 0.3) is 11.0 Å². The van der Waals surface area contributed by atoms with Crippen LogP contribution in [0, 0.1) is 23.2 Å². The molecule has 1 aliphatic carbocycles. The molecule has 2 fully saturated rings. The molecule has 0 spiro atoms. The Labute approximate surface area is 388 Å². The molecule has 1 unspecified atom stereocenters.